The summed E-state index contributed by atoms with van der Waals surface area (Å²) in [7, 11) is 0. The minimum atomic E-state index is 0.627. The lowest BCUT2D eigenvalue weighted by molar-refractivity contribution is 0.670. The number of nitrogens with one attached hydrogen (secondary N) is 1. The highest BCUT2D eigenvalue weighted by Crippen LogP contribution is 2.36. The molecule has 1 aliphatic carbocycles. The predicted octanol–water partition coefficient (Wildman–Crippen LogP) is 7.14. The lowest BCUT2D eigenvalue weighted by Gasteiger charge is -2.14. The van der Waals surface area contributed by atoms with Crippen LogP contribution in [-0.4, -0.2) is 0 Å². The van der Waals surface area contributed by atoms with Gasteiger partial charge in [0, 0.05) is 27.7 Å². The van der Waals surface area contributed by atoms with Gasteiger partial charge in [0.25, 0.3) is 0 Å². The van der Waals surface area contributed by atoms with E-state index in [9.17, 15) is 0 Å². The highest BCUT2D eigenvalue weighted by atomic mass is 16.3. The number of allylic oxidation sites excluding steroid dienone is 3. The van der Waals surface area contributed by atoms with Crippen LogP contribution >= 0.6 is 0 Å². The summed E-state index contributed by atoms with van der Waals surface area (Å²) in [6, 6.07) is 23.1. The van der Waals surface area contributed by atoms with Crippen LogP contribution in [0.4, 0.5) is 5.69 Å². The summed E-state index contributed by atoms with van der Waals surface area (Å²) in [4.78, 5) is 0. The summed E-state index contributed by atoms with van der Waals surface area (Å²) in [5.41, 5.74) is 6.43. The molecule has 5 rings (SSSR count). The highest BCUT2D eigenvalue weighted by molar-refractivity contribution is 6.09. The summed E-state index contributed by atoms with van der Waals surface area (Å²) in [5, 5.41) is 5.82. The van der Waals surface area contributed by atoms with E-state index < -0.39 is 0 Å². The minimum Gasteiger partial charge on any atom is -0.455 e. The molecule has 1 N–H and O–H groups in total. The van der Waals surface area contributed by atoms with Crippen molar-refractivity contribution >= 4 is 27.6 Å². The molecule has 1 aromatic heterocycles. The number of benzene rings is 3. The van der Waals surface area contributed by atoms with Crippen molar-refractivity contribution in [1.82, 2.24) is 0 Å². The number of para-hydroxylation sites is 2. The lowest BCUT2D eigenvalue weighted by Crippen LogP contribution is -2.02. The molecule has 132 valence electrons. The van der Waals surface area contributed by atoms with Crippen molar-refractivity contribution in [1.29, 1.82) is 0 Å². The van der Waals surface area contributed by atoms with E-state index in [1.54, 1.807) is 0 Å². The quantitative estimate of drug-likeness (QED) is 0.424. The molecule has 1 aliphatic rings. The smallest absolute Gasteiger partial charge is 0.143 e. The van der Waals surface area contributed by atoms with Gasteiger partial charge in [0.05, 0.1) is 0 Å². The molecule has 27 heavy (non-hydrogen) atoms. The molecule has 1 atom stereocenters. The number of hydrogen-bond donors (Lipinski definition) is 1. The topological polar surface area (TPSA) is 25.2 Å². The van der Waals surface area contributed by atoms with E-state index in [1.165, 1.54) is 5.70 Å². The van der Waals surface area contributed by atoms with E-state index in [0.29, 0.717) is 5.92 Å². The lowest BCUT2D eigenvalue weighted by atomic mass is 10.0. The summed E-state index contributed by atoms with van der Waals surface area (Å²) >= 11 is 0. The van der Waals surface area contributed by atoms with Crippen molar-refractivity contribution < 1.29 is 4.42 Å². The van der Waals surface area contributed by atoms with Crippen LogP contribution < -0.4 is 5.32 Å². The molecule has 2 heteroatoms. The Labute approximate surface area is 158 Å². The summed E-state index contributed by atoms with van der Waals surface area (Å²) < 4.78 is 6.17. The second kappa shape index (κ2) is 6.48. The van der Waals surface area contributed by atoms with E-state index in [4.69, 9.17) is 4.42 Å². The Morgan fingerprint density at radius 1 is 0.889 bits per heavy atom. The molecule has 2 nitrogen and oxygen atoms in total. The average Bonchev–Trinajstić information content (AvgIpc) is 3.09. The van der Waals surface area contributed by atoms with Crippen LogP contribution in [-0.2, 0) is 0 Å². The fraction of sp³-hybridized carbons (Fsp3) is 0.120. The second-order valence-corrected chi connectivity index (χ2v) is 7.21. The van der Waals surface area contributed by atoms with E-state index >= 15 is 0 Å². The summed E-state index contributed by atoms with van der Waals surface area (Å²) in [5.74, 6) is 0.627. The van der Waals surface area contributed by atoms with Crippen LogP contribution in [0.2, 0.25) is 0 Å². The molecule has 0 bridgehead atoms. The highest BCUT2D eigenvalue weighted by Gasteiger charge is 2.11. The minimum absolute atomic E-state index is 0.627. The van der Waals surface area contributed by atoms with Crippen LogP contribution in [0.5, 0.6) is 0 Å². The number of anilines is 1. The van der Waals surface area contributed by atoms with Crippen molar-refractivity contribution in [3.8, 4) is 11.1 Å². The van der Waals surface area contributed by atoms with Gasteiger partial charge in [-0.15, -0.1) is 0 Å². The van der Waals surface area contributed by atoms with Gasteiger partial charge >= 0.3 is 0 Å². The molecule has 0 amide bonds. The Bertz CT molecular complexity index is 1180. The predicted molar refractivity (Wildman–Crippen MR) is 114 cm³/mol. The Balaban J connectivity index is 1.49. The van der Waals surface area contributed by atoms with Crippen LogP contribution in [0.1, 0.15) is 13.3 Å². The van der Waals surface area contributed by atoms with Gasteiger partial charge in [0.1, 0.15) is 11.2 Å². The molecule has 0 aliphatic heterocycles. The molecule has 0 spiro atoms. The molecule has 0 radical (unpaired) electrons. The first-order valence-corrected chi connectivity index (χ1v) is 9.44. The summed E-state index contributed by atoms with van der Waals surface area (Å²) in [6.07, 6.45) is 7.76. The largest absolute Gasteiger partial charge is 0.455 e. The zero-order valence-corrected chi connectivity index (χ0v) is 15.3. The number of hydrogen-bond acceptors (Lipinski definition) is 2. The maximum Gasteiger partial charge on any atom is 0.143 e. The Morgan fingerprint density at radius 2 is 1.70 bits per heavy atom. The first-order chi connectivity index (χ1) is 13.3. The molecule has 0 fully saturated rings. The third-order valence-corrected chi connectivity index (χ3v) is 5.20. The number of furan rings is 1. The Hall–Kier alpha value is -3.26. The third kappa shape index (κ3) is 2.93. The van der Waals surface area contributed by atoms with Gasteiger partial charge in [-0.1, -0.05) is 67.6 Å². The zero-order valence-electron chi connectivity index (χ0n) is 15.3. The second-order valence-electron chi connectivity index (χ2n) is 7.21. The fourth-order valence-corrected chi connectivity index (χ4v) is 3.69. The molecule has 1 heterocycles. The van der Waals surface area contributed by atoms with Gasteiger partial charge in [0.2, 0.25) is 0 Å². The van der Waals surface area contributed by atoms with Gasteiger partial charge in [0.15, 0.2) is 0 Å². The molecular formula is C25H21NO. The van der Waals surface area contributed by atoms with Crippen LogP contribution in [0.3, 0.4) is 0 Å². The monoisotopic (exact) mass is 351 g/mol. The van der Waals surface area contributed by atoms with Gasteiger partial charge < -0.3 is 9.73 Å². The van der Waals surface area contributed by atoms with Crippen molar-refractivity contribution in [2.75, 3.05) is 5.32 Å². The first kappa shape index (κ1) is 16.0. The van der Waals surface area contributed by atoms with Crippen LogP contribution in [0.25, 0.3) is 33.1 Å². The van der Waals surface area contributed by atoms with E-state index in [-0.39, 0.29) is 0 Å². The van der Waals surface area contributed by atoms with Crippen molar-refractivity contribution in [2.24, 2.45) is 5.92 Å². The van der Waals surface area contributed by atoms with Gasteiger partial charge in [-0.25, -0.2) is 0 Å². The zero-order chi connectivity index (χ0) is 18.2. The SMILES string of the molecule is CC1C=CC(Nc2ccc(-c3cccc4c3oc3ccccc34)cc2)=CC1. The van der Waals surface area contributed by atoms with Gasteiger partial charge in [-0.05, 0) is 42.2 Å². The van der Waals surface area contributed by atoms with Crippen molar-refractivity contribution in [2.45, 2.75) is 13.3 Å². The number of rotatable bonds is 3. The normalized spacial score (nSPS) is 16.6. The molecule has 0 saturated carbocycles. The first-order valence-electron chi connectivity index (χ1n) is 9.44. The maximum atomic E-state index is 6.17. The Kier molecular flexibility index (Phi) is 3.83. The maximum absolute atomic E-state index is 6.17. The standard InChI is InChI=1S/C25H21NO/c1-17-9-13-19(14-10-17)26-20-15-11-18(12-16-20)21-6-4-7-23-22-5-2-3-8-24(22)27-25(21)23/h2-9,11-17,26H,10H2,1H3. The third-order valence-electron chi connectivity index (χ3n) is 5.20. The number of fused-ring (bicyclic) bond motifs is 3. The van der Waals surface area contributed by atoms with E-state index in [1.807, 2.05) is 12.1 Å². The molecular weight excluding hydrogens is 330 g/mol. The molecule has 3 aromatic carbocycles. The fourth-order valence-electron chi connectivity index (χ4n) is 3.69. The van der Waals surface area contributed by atoms with Gasteiger partial charge in [-0.2, -0.15) is 0 Å². The van der Waals surface area contributed by atoms with Crippen LogP contribution in [0, 0.1) is 5.92 Å². The molecule has 0 saturated heterocycles. The summed E-state index contributed by atoms with van der Waals surface area (Å²) in [6.45, 7) is 2.23. The Morgan fingerprint density at radius 3 is 2.52 bits per heavy atom. The van der Waals surface area contributed by atoms with Crippen molar-refractivity contribution in [3.63, 3.8) is 0 Å². The van der Waals surface area contributed by atoms with Crippen LogP contribution in [0.15, 0.2) is 95.1 Å². The van der Waals surface area contributed by atoms with Gasteiger partial charge in [-0.3, -0.25) is 0 Å². The van der Waals surface area contributed by atoms with Crippen molar-refractivity contribution in [3.05, 3.63) is 90.7 Å². The molecule has 1 unspecified atom stereocenters. The van der Waals surface area contributed by atoms with E-state index in [0.717, 1.165) is 45.2 Å². The average molecular weight is 351 g/mol. The molecule has 4 aromatic rings. The van der Waals surface area contributed by atoms with E-state index in [2.05, 4.69) is 85.1 Å².